The van der Waals surface area contributed by atoms with E-state index in [2.05, 4.69) is 32.7 Å². The maximum absolute atomic E-state index is 12.1. The van der Waals surface area contributed by atoms with Gasteiger partial charge in [0.25, 0.3) is 0 Å². The molecule has 0 aromatic rings. The molecule has 0 N–H and O–H groups in total. The minimum absolute atomic E-state index is 0. The maximum atomic E-state index is 12.1. The monoisotopic (exact) mass is 448 g/mol. The lowest BCUT2D eigenvalue weighted by atomic mass is 10.0. The van der Waals surface area contributed by atoms with Gasteiger partial charge in [0, 0.05) is 19.6 Å². The molecule has 1 fully saturated rings. The zero-order valence-corrected chi connectivity index (χ0v) is 20.1. The van der Waals surface area contributed by atoms with Crippen molar-refractivity contribution >= 4 is 5.97 Å². The second kappa shape index (κ2) is 15.8. The summed E-state index contributed by atoms with van der Waals surface area (Å²) in [5, 5.41) is 0. The highest BCUT2D eigenvalue weighted by molar-refractivity contribution is 5.69. The number of likely N-dealkylation sites (N-methyl/N-ethyl adjacent to an activating group) is 1. The van der Waals surface area contributed by atoms with Crippen molar-refractivity contribution in [3.63, 3.8) is 0 Å². The number of carbonyl (C=O) groups excluding carboxylic acids is 1. The molecule has 0 saturated carbocycles. The Morgan fingerprint density at radius 3 is 2.30 bits per heavy atom. The number of esters is 1. The Labute approximate surface area is 179 Å². The highest BCUT2D eigenvalue weighted by Crippen LogP contribution is 2.15. The number of hydrogen-bond donors (Lipinski definition) is 0. The van der Waals surface area contributed by atoms with E-state index in [4.69, 9.17) is 4.74 Å². The zero-order valence-electron chi connectivity index (χ0n) is 18.5. The number of quaternary nitrogens is 1. The van der Waals surface area contributed by atoms with Gasteiger partial charge in [0.15, 0.2) is 0 Å². The summed E-state index contributed by atoms with van der Waals surface area (Å²) in [7, 11) is 2.40. The third-order valence-electron chi connectivity index (χ3n) is 6.12. The molecule has 0 spiro atoms. The van der Waals surface area contributed by atoms with Crippen molar-refractivity contribution in [2.24, 2.45) is 5.92 Å². The largest absolute Gasteiger partial charge is 1.00 e. The number of ether oxygens (including phenoxy) is 1. The van der Waals surface area contributed by atoms with Crippen molar-refractivity contribution in [2.45, 2.75) is 78.6 Å². The molecule has 0 aliphatic carbocycles. The lowest BCUT2D eigenvalue weighted by molar-refractivity contribution is -0.913. The van der Waals surface area contributed by atoms with Gasteiger partial charge in [-0.05, 0) is 25.2 Å². The van der Waals surface area contributed by atoms with Crippen molar-refractivity contribution in [3.05, 3.63) is 0 Å². The van der Waals surface area contributed by atoms with Gasteiger partial charge in [-0.15, -0.1) is 0 Å². The average Bonchev–Trinajstić information content (AvgIpc) is 2.65. The standard InChI is InChI=1S/C22H45N2O2.BrH/c1-5-8-10-11-17-24(4)18-15-23(16-19-24)14-13-22(25)26-20-21(7-3)12-9-6-2;/h21H,5-20H2,1-4H3;1H/q+1;/p-1. The van der Waals surface area contributed by atoms with Crippen LogP contribution in [-0.2, 0) is 9.53 Å². The summed E-state index contributed by atoms with van der Waals surface area (Å²) in [5.74, 6) is 0.530. The second-order valence-electron chi connectivity index (χ2n) is 8.54. The van der Waals surface area contributed by atoms with E-state index in [1.54, 1.807) is 0 Å². The Hall–Kier alpha value is -0.130. The van der Waals surface area contributed by atoms with Gasteiger partial charge < -0.3 is 26.2 Å². The zero-order chi connectivity index (χ0) is 19.3. The lowest BCUT2D eigenvalue weighted by Gasteiger charge is -2.42. The lowest BCUT2D eigenvalue weighted by Crippen LogP contribution is -3.00. The van der Waals surface area contributed by atoms with E-state index in [9.17, 15) is 4.79 Å². The van der Waals surface area contributed by atoms with Gasteiger partial charge in [-0.3, -0.25) is 9.69 Å². The van der Waals surface area contributed by atoms with Crippen LogP contribution in [0.3, 0.4) is 0 Å². The fraction of sp³-hybridized carbons (Fsp3) is 0.955. The van der Waals surface area contributed by atoms with Crippen molar-refractivity contribution in [2.75, 3.05) is 52.9 Å². The summed E-state index contributed by atoms with van der Waals surface area (Å²) in [6.07, 6.45) is 10.7. The Morgan fingerprint density at radius 1 is 1.04 bits per heavy atom. The number of unbranched alkanes of at least 4 members (excludes halogenated alkanes) is 4. The maximum Gasteiger partial charge on any atom is 0.307 e. The van der Waals surface area contributed by atoms with E-state index in [0.717, 1.165) is 26.1 Å². The molecule has 1 rings (SSSR count). The number of halogens is 1. The topological polar surface area (TPSA) is 29.5 Å². The first kappa shape index (κ1) is 26.9. The van der Waals surface area contributed by atoms with Crippen molar-refractivity contribution in [3.8, 4) is 0 Å². The number of rotatable bonds is 14. The second-order valence-corrected chi connectivity index (χ2v) is 8.54. The van der Waals surface area contributed by atoms with E-state index >= 15 is 0 Å². The van der Waals surface area contributed by atoms with Gasteiger partial charge in [0.1, 0.15) is 0 Å². The predicted octanol–water partition coefficient (Wildman–Crippen LogP) is 1.48. The van der Waals surface area contributed by atoms with Crippen LogP contribution >= 0.6 is 0 Å². The van der Waals surface area contributed by atoms with E-state index in [1.807, 2.05) is 0 Å². The predicted molar refractivity (Wildman–Crippen MR) is 110 cm³/mol. The van der Waals surface area contributed by atoms with Gasteiger partial charge in [-0.1, -0.05) is 52.9 Å². The third-order valence-corrected chi connectivity index (χ3v) is 6.12. The number of hydrogen-bond acceptors (Lipinski definition) is 3. The molecule has 1 unspecified atom stereocenters. The highest BCUT2D eigenvalue weighted by Gasteiger charge is 2.28. The van der Waals surface area contributed by atoms with Crippen LogP contribution in [0.2, 0.25) is 0 Å². The van der Waals surface area contributed by atoms with Crippen LogP contribution in [0.1, 0.15) is 78.6 Å². The van der Waals surface area contributed by atoms with Gasteiger partial charge in [-0.2, -0.15) is 0 Å². The summed E-state index contributed by atoms with van der Waals surface area (Å²) in [4.78, 5) is 14.5. The molecule has 0 amide bonds. The summed E-state index contributed by atoms with van der Waals surface area (Å²) < 4.78 is 6.74. The first-order valence-corrected chi connectivity index (χ1v) is 11.2. The molecule has 27 heavy (non-hydrogen) atoms. The van der Waals surface area contributed by atoms with Gasteiger partial charge in [-0.25, -0.2) is 0 Å². The van der Waals surface area contributed by atoms with Gasteiger partial charge in [0.05, 0.1) is 39.7 Å². The number of carbonyl (C=O) groups is 1. The molecule has 0 aromatic carbocycles. The Bertz CT molecular complexity index is 371. The fourth-order valence-corrected chi connectivity index (χ4v) is 3.79. The van der Waals surface area contributed by atoms with Crippen LogP contribution in [0.5, 0.6) is 0 Å². The van der Waals surface area contributed by atoms with E-state index in [1.165, 1.54) is 69.1 Å². The molecule has 1 aliphatic heterocycles. The van der Waals surface area contributed by atoms with Crippen molar-refractivity contribution in [1.29, 1.82) is 0 Å². The minimum atomic E-state index is -0.0117. The molecule has 5 heteroatoms. The van der Waals surface area contributed by atoms with E-state index in [-0.39, 0.29) is 23.0 Å². The molecular formula is C22H45BrN2O2. The Morgan fingerprint density at radius 2 is 1.70 bits per heavy atom. The van der Waals surface area contributed by atoms with Gasteiger partial charge in [0.2, 0.25) is 0 Å². The summed E-state index contributed by atoms with van der Waals surface area (Å²) in [6.45, 7) is 14.1. The van der Waals surface area contributed by atoms with Gasteiger partial charge >= 0.3 is 5.97 Å². The molecule has 1 aliphatic rings. The van der Waals surface area contributed by atoms with Crippen molar-refractivity contribution in [1.82, 2.24) is 4.90 Å². The molecule has 1 atom stereocenters. The quantitative estimate of drug-likeness (QED) is 0.229. The molecule has 0 bridgehead atoms. The van der Waals surface area contributed by atoms with Crippen LogP contribution in [-0.4, -0.2) is 68.3 Å². The first-order valence-electron chi connectivity index (χ1n) is 11.2. The molecule has 1 saturated heterocycles. The SMILES string of the molecule is CCCCCC[N+]1(C)CCN(CCC(=O)OCC(CC)CCCC)CC1.[Br-]. The van der Waals surface area contributed by atoms with Crippen LogP contribution in [0.25, 0.3) is 0 Å². The molecule has 1 heterocycles. The van der Waals surface area contributed by atoms with E-state index in [0.29, 0.717) is 18.9 Å². The van der Waals surface area contributed by atoms with Crippen molar-refractivity contribution < 1.29 is 31.0 Å². The Kier molecular flexibility index (Phi) is 15.7. The molecule has 0 aromatic heterocycles. The molecular weight excluding hydrogens is 404 g/mol. The summed E-state index contributed by atoms with van der Waals surface area (Å²) in [5.41, 5.74) is 0. The molecule has 162 valence electrons. The van der Waals surface area contributed by atoms with Crippen LogP contribution in [0, 0.1) is 5.92 Å². The number of nitrogens with zero attached hydrogens (tertiary/aromatic N) is 2. The molecule has 4 nitrogen and oxygen atoms in total. The van der Waals surface area contributed by atoms with Crippen LogP contribution in [0.4, 0.5) is 0 Å². The minimum Gasteiger partial charge on any atom is -1.00 e. The Balaban J connectivity index is 0.00000676. The van der Waals surface area contributed by atoms with Crippen LogP contribution < -0.4 is 17.0 Å². The molecule has 0 radical (unpaired) electrons. The highest BCUT2D eigenvalue weighted by atomic mass is 79.9. The first-order chi connectivity index (χ1) is 12.5. The van der Waals surface area contributed by atoms with E-state index < -0.39 is 0 Å². The average molecular weight is 450 g/mol. The third kappa shape index (κ3) is 12.1. The smallest absolute Gasteiger partial charge is 0.307 e. The summed E-state index contributed by atoms with van der Waals surface area (Å²) >= 11 is 0. The van der Waals surface area contributed by atoms with Crippen LogP contribution in [0.15, 0.2) is 0 Å². The number of piperazine rings is 1. The fourth-order valence-electron chi connectivity index (χ4n) is 3.79. The normalized spacial score (nSPS) is 17.9. The summed E-state index contributed by atoms with van der Waals surface area (Å²) in [6, 6.07) is 0.